The van der Waals surface area contributed by atoms with Crippen molar-refractivity contribution in [3.05, 3.63) is 76.2 Å². The van der Waals surface area contributed by atoms with Gasteiger partial charge in [0, 0.05) is 18.7 Å². The lowest BCUT2D eigenvalue weighted by atomic mass is 10.1. The minimum absolute atomic E-state index is 0.0960. The van der Waals surface area contributed by atoms with Crippen LogP contribution in [-0.2, 0) is 4.79 Å². The first kappa shape index (κ1) is 18.4. The average molecular weight is 377 g/mol. The first-order valence-electron chi connectivity index (χ1n) is 8.17. The molecular formula is C20H15N3O3S. The number of thioether (sulfide) groups is 1. The van der Waals surface area contributed by atoms with E-state index in [0.29, 0.717) is 16.0 Å². The van der Waals surface area contributed by atoms with Gasteiger partial charge in [0.05, 0.1) is 16.5 Å². The van der Waals surface area contributed by atoms with Crippen molar-refractivity contribution in [1.29, 1.82) is 5.26 Å². The van der Waals surface area contributed by atoms with Gasteiger partial charge in [-0.15, -0.1) is 0 Å². The van der Waals surface area contributed by atoms with Gasteiger partial charge in [-0.1, -0.05) is 30.3 Å². The molecule has 0 aromatic heterocycles. The first-order valence-corrected chi connectivity index (χ1v) is 8.99. The molecule has 3 rings (SSSR count). The van der Waals surface area contributed by atoms with E-state index in [4.69, 9.17) is 5.26 Å². The molecule has 134 valence electrons. The molecule has 3 amide bonds. The summed E-state index contributed by atoms with van der Waals surface area (Å²) < 4.78 is 0. The van der Waals surface area contributed by atoms with Gasteiger partial charge in [0.2, 0.25) is 0 Å². The van der Waals surface area contributed by atoms with E-state index in [-0.39, 0.29) is 30.1 Å². The zero-order valence-electron chi connectivity index (χ0n) is 14.2. The van der Waals surface area contributed by atoms with Crippen LogP contribution in [0.3, 0.4) is 0 Å². The molecule has 7 heteroatoms. The maximum Gasteiger partial charge on any atom is 0.293 e. The number of hydrogen-bond donors (Lipinski definition) is 1. The van der Waals surface area contributed by atoms with Crippen molar-refractivity contribution in [2.75, 3.05) is 13.1 Å². The van der Waals surface area contributed by atoms with Crippen LogP contribution in [0.1, 0.15) is 21.5 Å². The molecule has 0 unspecified atom stereocenters. The van der Waals surface area contributed by atoms with Crippen LogP contribution in [-0.4, -0.2) is 35.0 Å². The van der Waals surface area contributed by atoms with Crippen LogP contribution in [0, 0.1) is 11.3 Å². The highest BCUT2D eigenvalue weighted by Crippen LogP contribution is 2.31. The highest BCUT2D eigenvalue weighted by molar-refractivity contribution is 8.18. The Labute approximate surface area is 160 Å². The van der Waals surface area contributed by atoms with Gasteiger partial charge in [0.25, 0.3) is 17.1 Å². The van der Waals surface area contributed by atoms with E-state index in [1.165, 1.54) is 0 Å². The summed E-state index contributed by atoms with van der Waals surface area (Å²) in [6.45, 7) is 0.244. The van der Waals surface area contributed by atoms with Crippen molar-refractivity contribution >= 4 is 34.9 Å². The fourth-order valence-electron chi connectivity index (χ4n) is 2.47. The van der Waals surface area contributed by atoms with Crippen LogP contribution in [0.25, 0.3) is 6.08 Å². The van der Waals surface area contributed by atoms with Gasteiger partial charge >= 0.3 is 0 Å². The second-order valence-corrected chi connectivity index (χ2v) is 6.68. The lowest BCUT2D eigenvalue weighted by molar-refractivity contribution is -0.122. The Morgan fingerprint density at radius 1 is 1.11 bits per heavy atom. The second kappa shape index (κ2) is 8.34. The molecule has 1 aliphatic rings. The summed E-state index contributed by atoms with van der Waals surface area (Å²) in [6, 6.07) is 17.5. The number of nitrogens with zero attached hydrogens (tertiary/aromatic N) is 2. The smallest absolute Gasteiger partial charge is 0.293 e. The normalized spacial score (nSPS) is 15.1. The molecule has 6 nitrogen and oxygen atoms in total. The standard InChI is InChI=1S/C20H15N3O3S/c21-13-15-6-8-16(9-7-15)18(24)22-10-11-23-19(25)17(27-20(23)26)12-14-4-2-1-3-5-14/h1-9,12H,10-11H2,(H,22,24). The summed E-state index contributed by atoms with van der Waals surface area (Å²) in [5.74, 6) is -0.687. The molecule has 1 saturated heterocycles. The molecule has 1 N–H and O–H groups in total. The summed E-state index contributed by atoms with van der Waals surface area (Å²) in [4.78, 5) is 38.1. The fourth-order valence-corrected chi connectivity index (χ4v) is 3.34. The van der Waals surface area contributed by atoms with Gasteiger partial charge in [0.15, 0.2) is 0 Å². The van der Waals surface area contributed by atoms with Gasteiger partial charge in [-0.3, -0.25) is 19.3 Å². The number of carbonyl (C=O) groups is 3. The van der Waals surface area contributed by atoms with Crippen LogP contribution in [0.2, 0.25) is 0 Å². The lowest BCUT2D eigenvalue weighted by Crippen LogP contribution is -2.37. The summed E-state index contributed by atoms with van der Waals surface area (Å²) in [5, 5.41) is 11.1. The predicted octanol–water partition coefficient (Wildman–Crippen LogP) is 3.02. The Kier molecular flexibility index (Phi) is 5.69. The summed E-state index contributed by atoms with van der Waals surface area (Å²) in [7, 11) is 0. The van der Waals surface area contributed by atoms with Crippen LogP contribution >= 0.6 is 11.8 Å². The first-order chi connectivity index (χ1) is 13.1. The number of nitriles is 1. The van der Waals surface area contributed by atoms with Crippen molar-refractivity contribution in [1.82, 2.24) is 10.2 Å². The van der Waals surface area contributed by atoms with E-state index in [9.17, 15) is 14.4 Å². The zero-order valence-corrected chi connectivity index (χ0v) is 15.0. The van der Waals surface area contributed by atoms with Crippen LogP contribution in [0.15, 0.2) is 59.5 Å². The average Bonchev–Trinajstić information content (AvgIpc) is 2.96. The van der Waals surface area contributed by atoms with Crippen molar-refractivity contribution in [2.45, 2.75) is 0 Å². The van der Waals surface area contributed by atoms with E-state index in [2.05, 4.69) is 5.32 Å². The number of hydrogen-bond acceptors (Lipinski definition) is 5. The molecule has 1 aliphatic heterocycles. The maximum atomic E-state index is 12.4. The lowest BCUT2D eigenvalue weighted by Gasteiger charge is -2.13. The molecule has 1 fully saturated rings. The Bertz CT molecular complexity index is 947. The minimum atomic E-state index is -0.360. The van der Waals surface area contributed by atoms with E-state index < -0.39 is 0 Å². The van der Waals surface area contributed by atoms with E-state index in [1.807, 2.05) is 36.4 Å². The Morgan fingerprint density at radius 2 is 1.81 bits per heavy atom. The molecule has 0 radical (unpaired) electrons. The molecule has 0 saturated carbocycles. The number of carbonyl (C=O) groups excluding carboxylic acids is 3. The molecule has 0 aliphatic carbocycles. The number of rotatable bonds is 5. The molecule has 27 heavy (non-hydrogen) atoms. The predicted molar refractivity (Wildman–Crippen MR) is 103 cm³/mol. The van der Waals surface area contributed by atoms with Crippen molar-refractivity contribution < 1.29 is 14.4 Å². The molecule has 0 atom stereocenters. The van der Waals surface area contributed by atoms with Crippen LogP contribution in [0.4, 0.5) is 4.79 Å². The summed E-state index contributed by atoms with van der Waals surface area (Å²) in [6.07, 6.45) is 1.68. The van der Waals surface area contributed by atoms with E-state index in [1.54, 1.807) is 30.3 Å². The number of imide groups is 1. The Morgan fingerprint density at radius 3 is 2.48 bits per heavy atom. The summed E-state index contributed by atoms with van der Waals surface area (Å²) >= 11 is 0.891. The third-order valence-electron chi connectivity index (χ3n) is 3.87. The van der Waals surface area contributed by atoms with Gasteiger partial charge in [-0.2, -0.15) is 5.26 Å². The zero-order chi connectivity index (χ0) is 19.2. The maximum absolute atomic E-state index is 12.4. The highest BCUT2D eigenvalue weighted by Gasteiger charge is 2.34. The number of nitrogens with one attached hydrogen (secondary N) is 1. The third-order valence-corrected chi connectivity index (χ3v) is 4.78. The number of amides is 3. The molecule has 2 aromatic rings. The minimum Gasteiger partial charge on any atom is -0.350 e. The van der Waals surface area contributed by atoms with Gasteiger partial charge in [-0.05, 0) is 47.7 Å². The van der Waals surface area contributed by atoms with E-state index >= 15 is 0 Å². The Balaban J connectivity index is 1.57. The monoisotopic (exact) mass is 377 g/mol. The topological polar surface area (TPSA) is 90.3 Å². The molecule has 1 heterocycles. The van der Waals surface area contributed by atoms with Crippen LogP contribution in [0.5, 0.6) is 0 Å². The summed E-state index contributed by atoms with van der Waals surface area (Å²) in [5.41, 5.74) is 1.72. The second-order valence-electron chi connectivity index (χ2n) is 5.69. The van der Waals surface area contributed by atoms with Gasteiger partial charge in [-0.25, -0.2) is 0 Å². The van der Waals surface area contributed by atoms with E-state index in [0.717, 1.165) is 22.2 Å². The quantitative estimate of drug-likeness (QED) is 0.809. The SMILES string of the molecule is N#Cc1ccc(C(=O)NCCN2C(=O)SC(=Cc3ccccc3)C2=O)cc1. The fraction of sp³-hybridized carbons (Fsp3) is 0.100. The Hall–Kier alpha value is -3.37. The van der Waals surface area contributed by atoms with Crippen LogP contribution < -0.4 is 5.32 Å². The number of benzene rings is 2. The largest absolute Gasteiger partial charge is 0.350 e. The molecular weight excluding hydrogens is 362 g/mol. The van der Waals surface area contributed by atoms with Gasteiger partial charge in [0.1, 0.15) is 0 Å². The van der Waals surface area contributed by atoms with Crippen molar-refractivity contribution in [3.8, 4) is 6.07 Å². The third kappa shape index (κ3) is 4.43. The van der Waals surface area contributed by atoms with Crippen molar-refractivity contribution in [3.63, 3.8) is 0 Å². The molecule has 2 aromatic carbocycles. The van der Waals surface area contributed by atoms with Gasteiger partial charge < -0.3 is 5.32 Å². The molecule has 0 bridgehead atoms. The van der Waals surface area contributed by atoms with Crippen molar-refractivity contribution in [2.24, 2.45) is 0 Å². The highest BCUT2D eigenvalue weighted by atomic mass is 32.2. The molecule has 0 spiro atoms.